The zero-order chi connectivity index (χ0) is 19.6. The molecule has 27 heavy (non-hydrogen) atoms. The van der Waals surface area contributed by atoms with Gasteiger partial charge in [0.15, 0.2) is 3.95 Å². The third kappa shape index (κ3) is 4.15. The van der Waals surface area contributed by atoms with E-state index in [0.717, 1.165) is 16.6 Å². The van der Waals surface area contributed by atoms with E-state index >= 15 is 0 Å². The molecule has 0 radical (unpaired) electrons. The Morgan fingerprint density at radius 3 is 2.93 bits per heavy atom. The Morgan fingerprint density at radius 1 is 1.44 bits per heavy atom. The minimum absolute atomic E-state index is 0.0150. The van der Waals surface area contributed by atoms with E-state index in [2.05, 4.69) is 4.99 Å². The van der Waals surface area contributed by atoms with Gasteiger partial charge in [0.1, 0.15) is 5.75 Å². The first-order chi connectivity index (χ1) is 12.9. The molecule has 1 amide bonds. The molecule has 9 heteroatoms. The minimum atomic E-state index is -0.905. The highest BCUT2D eigenvalue weighted by molar-refractivity contribution is 7.73. The van der Waals surface area contributed by atoms with Crippen LogP contribution in [0.1, 0.15) is 17.7 Å². The lowest BCUT2D eigenvalue weighted by atomic mass is 10.1. The molecule has 0 bridgehead atoms. The van der Waals surface area contributed by atoms with Crippen molar-refractivity contribution < 1.29 is 24.5 Å². The first-order valence-corrected chi connectivity index (χ1v) is 9.26. The van der Waals surface area contributed by atoms with Crippen LogP contribution >= 0.6 is 23.6 Å². The fourth-order valence-corrected chi connectivity index (χ4v) is 3.92. The summed E-state index contributed by atoms with van der Waals surface area (Å²) in [6.45, 7) is 0.293. The number of aromatic nitrogens is 1. The average molecular weight is 404 g/mol. The molecule has 0 unspecified atom stereocenters. The van der Waals surface area contributed by atoms with Crippen molar-refractivity contribution in [3.05, 3.63) is 43.2 Å². The van der Waals surface area contributed by atoms with E-state index in [4.69, 9.17) is 22.1 Å². The summed E-state index contributed by atoms with van der Waals surface area (Å²) < 4.78 is 7.02. The molecule has 1 aromatic heterocycles. The molecule has 0 atom stereocenters. The maximum atomic E-state index is 12.3. The lowest BCUT2D eigenvalue weighted by Crippen LogP contribution is -2.30. The van der Waals surface area contributed by atoms with Crippen molar-refractivity contribution in [2.45, 2.75) is 19.4 Å². The second-order valence-electron chi connectivity index (χ2n) is 5.79. The van der Waals surface area contributed by atoms with Crippen molar-refractivity contribution in [1.29, 1.82) is 0 Å². The molecular weight excluding hydrogens is 388 g/mol. The molecule has 1 aliphatic heterocycles. The number of hydrogen-bond donors (Lipinski definition) is 2. The van der Waals surface area contributed by atoms with E-state index in [1.54, 1.807) is 37.5 Å². The molecule has 3 rings (SSSR count). The van der Waals surface area contributed by atoms with Gasteiger partial charge in [0.25, 0.3) is 5.91 Å². The van der Waals surface area contributed by atoms with Gasteiger partial charge in [-0.15, -0.1) is 11.3 Å². The number of amides is 1. The molecule has 2 N–H and O–H groups in total. The van der Waals surface area contributed by atoms with E-state index in [9.17, 15) is 14.7 Å². The first kappa shape index (κ1) is 19.0. The van der Waals surface area contributed by atoms with Crippen LogP contribution in [-0.4, -0.2) is 33.8 Å². The molecule has 0 saturated carbocycles. The predicted molar refractivity (Wildman–Crippen MR) is 103 cm³/mol. The standard InChI is InChI=1S/C18H16N2O5S2/c1-25-12-5-4-10-7-11(16(23)19-13(10)9-12)8-14-17(24)20(18(26)27-14)6-2-3-15(21)22/h4-5,7-9,24H,2-3,6H2,1H3,(H,21,22). The highest BCUT2D eigenvalue weighted by atomic mass is 32.1. The monoisotopic (exact) mass is 404 g/mol. The number of ether oxygens (including phenoxy) is 1. The second-order valence-corrected chi connectivity index (χ2v) is 7.47. The third-order valence-electron chi connectivity index (χ3n) is 3.97. The molecule has 7 nitrogen and oxygen atoms in total. The van der Waals surface area contributed by atoms with Crippen LogP contribution in [0.2, 0.25) is 0 Å². The number of carbonyl (C=O) groups is 2. The van der Waals surface area contributed by atoms with Crippen molar-refractivity contribution in [3.63, 3.8) is 0 Å². The van der Waals surface area contributed by atoms with E-state index in [1.807, 2.05) is 0 Å². The number of carbonyl (C=O) groups excluding carboxylic acids is 1. The number of nitrogens with zero attached hydrogens (tertiary/aromatic N) is 2. The Bertz CT molecular complexity index is 1130. The number of carboxylic acids is 1. The van der Waals surface area contributed by atoms with Gasteiger partial charge in [-0.05, 0) is 42.9 Å². The smallest absolute Gasteiger partial charge is 0.303 e. The quantitative estimate of drug-likeness (QED) is 0.563. The average Bonchev–Trinajstić information content (AvgIpc) is 2.89. The first-order valence-electron chi connectivity index (χ1n) is 8.04. The number of hydrogen-bond acceptors (Lipinski definition) is 6. The van der Waals surface area contributed by atoms with Gasteiger partial charge in [-0.3, -0.25) is 14.2 Å². The van der Waals surface area contributed by atoms with Crippen molar-refractivity contribution >= 4 is 47.6 Å². The number of aromatic hydroxyl groups is 1. The van der Waals surface area contributed by atoms with Crippen LogP contribution in [0.5, 0.6) is 11.6 Å². The minimum Gasteiger partial charge on any atom is -0.497 e. The van der Waals surface area contributed by atoms with Crippen LogP contribution < -0.4 is 15.3 Å². The summed E-state index contributed by atoms with van der Waals surface area (Å²) in [5.74, 6) is -0.797. The SMILES string of the molecule is COc1ccc2c(c1)=NC(=O)C(=Cc1sc(=S)n(CCCC(=O)O)c1O)C=2. The lowest BCUT2D eigenvalue weighted by Gasteiger charge is -2.05. The number of carboxylic acid groups (broad SMARTS) is 1. The van der Waals surface area contributed by atoms with Gasteiger partial charge < -0.3 is 14.9 Å². The summed E-state index contributed by atoms with van der Waals surface area (Å²) in [6, 6.07) is 5.26. The molecule has 0 saturated heterocycles. The van der Waals surface area contributed by atoms with Crippen molar-refractivity contribution in [1.82, 2.24) is 4.57 Å². The lowest BCUT2D eigenvalue weighted by molar-refractivity contribution is -0.137. The number of methoxy groups -OCH3 is 1. The Kier molecular flexibility index (Phi) is 5.52. The summed E-state index contributed by atoms with van der Waals surface area (Å²) in [5, 5.41) is 20.4. The maximum Gasteiger partial charge on any atom is 0.303 e. The van der Waals surface area contributed by atoms with Gasteiger partial charge in [-0.2, -0.15) is 0 Å². The van der Waals surface area contributed by atoms with Crippen LogP contribution in [0.15, 0.2) is 28.8 Å². The second kappa shape index (κ2) is 7.85. The maximum absolute atomic E-state index is 12.3. The Morgan fingerprint density at radius 2 is 2.22 bits per heavy atom. The van der Waals surface area contributed by atoms with Crippen LogP contribution in [0.25, 0.3) is 12.2 Å². The Labute approximate surface area is 163 Å². The molecule has 0 fully saturated rings. The van der Waals surface area contributed by atoms with Gasteiger partial charge in [-0.25, -0.2) is 4.99 Å². The fraction of sp³-hybridized carbons (Fsp3) is 0.222. The summed E-state index contributed by atoms with van der Waals surface area (Å²) in [6.07, 6.45) is 3.57. The molecule has 0 spiro atoms. The molecular formula is C18H16N2O5S2. The molecule has 2 aromatic rings. The van der Waals surface area contributed by atoms with Crippen molar-refractivity contribution in [2.24, 2.45) is 4.99 Å². The topological polar surface area (TPSA) is 101 Å². The highest BCUT2D eigenvalue weighted by Gasteiger charge is 2.15. The van der Waals surface area contributed by atoms with Crippen LogP contribution in [0, 0.1) is 3.95 Å². The number of aliphatic carboxylic acids is 1. The zero-order valence-electron chi connectivity index (χ0n) is 14.3. The van der Waals surface area contributed by atoms with E-state index in [1.165, 1.54) is 4.57 Å². The van der Waals surface area contributed by atoms with Crippen LogP contribution in [0.4, 0.5) is 0 Å². The molecule has 2 heterocycles. The predicted octanol–water partition coefficient (Wildman–Crippen LogP) is 1.88. The Hall–Kier alpha value is -2.78. The van der Waals surface area contributed by atoms with E-state index in [0.29, 0.717) is 38.5 Å². The Balaban J connectivity index is 1.95. The van der Waals surface area contributed by atoms with Crippen molar-refractivity contribution in [3.8, 4) is 11.6 Å². The molecule has 1 aromatic carbocycles. The molecule has 140 valence electrons. The summed E-state index contributed by atoms with van der Waals surface area (Å²) >= 11 is 6.39. The van der Waals surface area contributed by atoms with Gasteiger partial charge in [0, 0.05) is 29.8 Å². The van der Waals surface area contributed by atoms with Gasteiger partial charge in [0.2, 0.25) is 5.88 Å². The number of rotatable bonds is 6. The summed E-state index contributed by atoms with van der Waals surface area (Å²) in [5.41, 5.74) is 0.330. The third-order valence-corrected chi connectivity index (χ3v) is 5.36. The van der Waals surface area contributed by atoms with Gasteiger partial charge in [-0.1, -0.05) is 0 Å². The summed E-state index contributed by atoms with van der Waals surface area (Å²) in [7, 11) is 1.54. The highest BCUT2D eigenvalue weighted by Crippen LogP contribution is 2.29. The van der Waals surface area contributed by atoms with Crippen molar-refractivity contribution in [2.75, 3.05) is 7.11 Å². The molecule has 1 aliphatic rings. The molecule has 0 aliphatic carbocycles. The normalized spacial score (nSPS) is 14.4. The van der Waals surface area contributed by atoms with E-state index in [-0.39, 0.29) is 12.3 Å². The van der Waals surface area contributed by atoms with Crippen LogP contribution in [-0.2, 0) is 16.1 Å². The number of fused-ring (bicyclic) bond motifs is 1. The van der Waals surface area contributed by atoms with E-state index < -0.39 is 11.9 Å². The van der Waals surface area contributed by atoms with Gasteiger partial charge >= 0.3 is 5.97 Å². The van der Waals surface area contributed by atoms with Crippen LogP contribution in [0.3, 0.4) is 0 Å². The number of thiazole rings is 1. The van der Waals surface area contributed by atoms with Gasteiger partial charge in [0.05, 0.1) is 17.3 Å². The number of benzene rings is 1. The largest absolute Gasteiger partial charge is 0.497 e. The zero-order valence-corrected chi connectivity index (χ0v) is 16.0. The summed E-state index contributed by atoms with van der Waals surface area (Å²) in [4.78, 5) is 27.5. The fourth-order valence-electron chi connectivity index (χ4n) is 2.61.